The Morgan fingerprint density at radius 3 is 1.84 bits per heavy atom. The highest BCUT2D eigenvalue weighted by Crippen LogP contribution is 2.46. The number of hydrogen-bond donors (Lipinski definition) is 0. The van der Waals surface area contributed by atoms with Crippen LogP contribution in [-0.4, -0.2) is 0 Å². The summed E-state index contributed by atoms with van der Waals surface area (Å²) in [5.74, 6) is 0. The van der Waals surface area contributed by atoms with Gasteiger partial charge in [0.15, 0.2) is 0 Å². The third-order valence-electron chi connectivity index (χ3n) is 10.0. The molecule has 0 aliphatic heterocycles. The molecule has 2 heteroatoms. The van der Waals surface area contributed by atoms with E-state index < -0.39 is 0 Å². The molecular formula is C48H31NS. The van der Waals surface area contributed by atoms with Crippen LogP contribution in [-0.2, 0) is 0 Å². The lowest BCUT2D eigenvalue weighted by atomic mass is 9.93. The van der Waals surface area contributed by atoms with Crippen molar-refractivity contribution in [2.45, 2.75) is 0 Å². The Kier molecular flexibility index (Phi) is 6.75. The molecule has 0 saturated carbocycles. The second kappa shape index (κ2) is 11.7. The summed E-state index contributed by atoms with van der Waals surface area (Å²) in [5.41, 5.74) is 8.34. The zero-order valence-corrected chi connectivity index (χ0v) is 28.1. The monoisotopic (exact) mass is 653 g/mol. The highest BCUT2D eigenvalue weighted by Gasteiger charge is 2.19. The zero-order valence-electron chi connectivity index (χ0n) is 27.3. The third kappa shape index (κ3) is 4.69. The molecule has 0 aliphatic carbocycles. The predicted octanol–water partition coefficient (Wildman–Crippen LogP) is 14.3. The van der Waals surface area contributed by atoms with Crippen molar-refractivity contribution in [3.63, 3.8) is 0 Å². The summed E-state index contributed by atoms with van der Waals surface area (Å²) < 4.78 is 2.59. The van der Waals surface area contributed by atoms with Gasteiger partial charge in [0.2, 0.25) is 0 Å². The number of thiophene rings is 1. The average molecular weight is 654 g/mol. The van der Waals surface area contributed by atoms with E-state index in [4.69, 9.17) is 0 Å². The second-order valence-corrected chi connectivity index (χ2v) is 14.0. The first-order valence-electron chi connectivity index (χ1n) is 17.1. The van der Waals surface area contributed by atoms with E-state index in [2.05, 4.69) is 193 Å². The van der Waals surface area contributed by atoms with Crippen LogP contribution in [0.2, 0.25) is 0 Å². The Hall–Kier alpha value is -6.22. The normalized spacial score (nSPS) is 11.6. The van der Waals surface area contributed by atoms with Crippen LogP contribution in [0.3, 0.4) is 0 Å². The molecule has 0 aliphatic rings. The lowest BCUT2D eigenvalue weighted by Crippen LogP contribution is -2.10. The van der Waals surface area contributed by atoms with Crippen molar-refractivity contribution in [1.29, 1.82) is 0 Å². The van der Waals surface area contributed by atoms with E-state index in [1.165, 1.54) is 80.4 Å². The Labute approximate surface area is 294 Å². The largest absolute Gasteiger partial charge is 0.309 e. The van der Waals surface area contributed by atoms with Gasteiger partial charge >= 0.3 is 0 Å². The smallest absolute Gasteiger partial charge is 0.0640 e. The average Bonchev–Trinajstić information content (AvgIpc) is 3.57. The van der Waals surface area contributed by atoms with Crippen LogP contribution in [0, 0.1) is 0 Å². The fourth-order valence-corrected chi connectivity index (χ4v) is 8.91. The molecular weight excluding hydrogens is 623 g/mol. The summed E-state index contributed by atoms with van der Waals surface area (Å²) in [7, 11) is 0. The molecule has 1 aromatic heterocycles. The second-order valence-electron chi connectivity index (χ2n) is 12.9. The number of hydrogen-bond acceptors (Lipinski definition) is 2. The quantitative estimate of drug-likeness (QED) is 0.167. The molecule has 0 amide bonds. The van der Waals surface area contributed by atoms with Gasteiger partial charge in [0.05, 0.1) is 10.4 Å². The molecule has 1 heterocycles. The first-order chi connectivity index (χ1) is 24.8. The minimum atomic E-state index is 1.12. The van der Waals surface area contributed by atoms with Crippen molar-refractivity contribution < 1.29 is 0 Å². The van der Waals surface area contributed by atoms with Gasteiger partial charge in [-0.3, -0.25) is 0 Å². The van der Waals surface area contributed by atoms with Crippen molar-refractivity contribution in [3.8, 4) is 22.3 Å². The van der Waals surface area contributed by atoms with E-state index in [-0.39, 0.29) is 0 Å². The van der Waals surface area contributed by atoms with Gasteiger partial charge in [-0.1, -0.05) is 146 Å². The molecule has 0 unspecified atom stereocenters. The topological polar surface area (TPSA) is 3.24 Å². The maximum absolute atomic E-state index is 2.44. The van der Waals surface area contributed by atoms with E-state index in [1.807, 2.05) is 11.3 Å². The van der Waals surface area contributed by atoms with E-state index in [0.29, 0.717) is 0 Å². The molecule has 10 aromatic rings. The van der Waals surface area contributed by atoms with E-state index >= 15 is 0 Å². The van der Waals surface area contributed by atoms with Crippen molar-refractivity contribution >= 4 is 80.9 Å². The number of anilines is 3. The van der Waals surface area contributed by atoms with Gasteiger partial charge in [-0.05, 0) is 97.0 Å². The lowest BCUT2D eigenvalue weighted by Gasteiger charge is -2.27. The van der Waals surface area contributed by atoms with Crippen LogP contribution in [0.5, 0.6) is 0 Å². The standard InChI is InChI=1S/C48H31NS/c1-3-17-38-32(12-1)14-10-22-39(38)33-26-28-36(29-27-33)49(46-24-11-23-44-43-21-7-8-25-47(43)50-48(44)46)37-16-9-15-34(30-37)45-31-35-13-2-4-18-40(35)41-19-5-6-20-42(41)45/h1-31H. The van der Waals surface area contributed by atoms with Crippen LogP contribution in [0.25, 0.3) is 74.7 Å². The molecule has 9 aromatic carbocycles. The van der Waals surface area contributed by atoms with Crippen LogP contribution < -0.4 is 4.90 Å². The van der Waals surface area contributed by atoms with Crippen molar-refractivity contribution in [2.24, 2.45) is 0 Å². The van der Waals surface area contributed by atoms with Gasteiger partial charge < -0.3 is 4.90 Å². The molecule has 0 atom stereocenters. The Morgan fingerprint density at radius 2 is 0.980 bits per heavy atom. The highest BCUT2D eigenvalue weighted by molar-refractivity contribution is 7.26. The fraction of sp³-hybridized carbons (Fsp3) is 0. The molecule has 0 radical (unpaired) electrons. The molecule has 0 spiro atoms. The predicted molar refractivity (Wildman–Crippen MR) is 217 cm³/mol. The summed E-state index contributed by atoms with van der Waals surface area (Å²) in [5, 5.41) is 10.2. The van der Waals surface area contributed by atoms with E-state index in [1.54, 1.807) is 0 Å². The SMILES string of the molecule is c1cc(-c2cc3ccccc3c3ccccc23)cc(N(c2ccc(-c3cccc4ccccc34)cc2)c2cccc3c2sc2ccccc23)c1. The minimum Gasteiger partial charge on any atom is -0.309 e. The Morgan fingerprint density at radius 1 is 0.340 bits per heavy atom. The highest BCUT2D eigenvalue weighted by atomic mass is 32.1. The third-order valence-corrected chi connectivity index (χ3v) is 11.2. The molecule has 50 heavy (non-hydrogen) atoms. The molecule has 0 bridgehead atoms. The van der Waals surface area contributed by atoms with E-state index in [9.17, 15) is 0 Å². The number of rotatable bonds is 5. The Balaban J connectivity index is 1.18. The van der Waals surface area contributed by atoms with Crippen LogP contribution in [0.4, 0.5) is 17.1 Å². The van der Waals surface area contributed by atoms with Crippen molar-refractivity contribution in [3.05, 3.63) is 188 Å². The molecule has 0 saturated heterocycles. The maximum Gasteiger partial charge on any atom is 0.0640 e. The van der Waals surface area contributed by atoms with E-state index in [0.717, 1.165) is 11.4 Å². The summed E-state index contributed by atoms with van der Waals surface area (Å²) in [4.78, 5) is 2.44. The van der Waals surface area contributed by atoms with Gasteiger partial charge in [0, 0.05) is 26.8 Å². The summed E-state index contributed by atoms with van der Waals surface area (Å²) in [6.07, 6.45) is 0. The van der Waals surface area contributed by atoms with Crippen LogP contribution in [0.1, 0.15) is 0 Å². The molecule has 0 N–H and O–H groups in total. The van der Waals surface area contributed by atoms with Gasteiger partial charge in [0.1, 0.15) is 0 Å². The number of nitrogens with zero attached hydrogens (tertiary/aromatic N) is 1. The summed E-state index contributed by atoms with van der Waals surface area (Å²) in [6, 6.07) is 68.7. The van der Waals surface area contributed by atoms with Gasteiger partial charge in [-0.25, -0.2) is 0 Å². The Bertz CT molecular complexity index is 2870. The van der Waals surface area contributed by atoms with Crippen LogP contribution in [0.15, 0.2) is 188 Å². The molecule has 1 nitrogen and oxygen atoms in total. The molecule has 10 rings (SSSR count). The number of fused-ring (bicyclic) bond motifs is 7. The zero-order chi connectivity index (χ0) is 33.0. The summed E-state index contributed by atoms with van der Waals surface area (Å²) in [6.45, 7) is 0. The first-order valence-corrected chi connectivity index (χ1v) is 17.9. The van der Waals surface area contributed by atoms with Crippen LogP contribution >= 0.6 is 11.3 Å². The number of benzene rings is 9. The molecule has 234 valence electrons. The minimum absolute atomic E-state index is 1.12. The summed E-state index contributed by atoms with van der Waals surface area (Å²) >= 11 is 1.87. The van der Waals surface area contributed by atoms with Gasteiger partial charge in [-0.15, -0.1) is 11.3 Å². The van der Waals surface area contributed by atoms with Crippen molar-refractivity contribution in [2.75, 3.05) is 4.90 Å². The lowest BCUT2D eigenvalue weighted by molar-refractivity contribution is 1.30. The fourth-order valence-electron chi connectivity index (χ4n) is 7.71. The first kappa shape index (κ1) is 28.8. The van der Waals surface area contributed by atoms with Gasteiger partial charge in [0.25, 0.3) is 0 Å². The maximum atomic E-state index is 2.44. The van der Waals surface area contributed by atoms with Crippen molar-refractivity contribution in [1.82, 2.24) is 0 Å². The molecule has 0 fully saturated rings. The van der Waals surface area contributed by atoms with Gasteiger partial charge in [-0.2, -0.15) is 0 Å².